The van der Waals surface area contributed by atoms with Gasteiger partial charge in [-0.2, -0.15) is 0 Å². The van der Waals surface area contributed by atoms with Gasteiger partial charge >= 0.3 is 86.7 Å². The van der Waals surface area contributed by atoms with Crippen LogP contribution < -0.4 is 0 Å². The fraction of sp³-hybridized carbons (Fsp3) is 0.333. The van der Waals surface area contributed by atoms with Gasteiger partial charge in [0.2, 0.25) is 0 Å². The van der Waals surface area contributed by atoms with Gasteiger partial charge in [-0.05, 0) is 0 Å². The van der Waals surface area contributed by atoms with E-state index in [9.17, 15) is 9.59 Å². The average Bonchev–Trinajstić information content (AvgIpc) is 2.78. The molecule has 2 atom stereocenters. The average molecular weight is 371 g/mol. The number of hydrogen-bond donors (Lipinski definition) is 0. The molecule has 3 nitrogen and oxygen atoms in total. The number of hydrogen-bond acceptors (Lipinski definition) is 3. The first kappa shape index (κ1) is 7.88. The van der Waals surface area contributed by atoms with Crippen molar-refractivity contribution in [3.63, 3.8) is 0 Å². The van der Waals surface area contributed by atoms with Crippen LogP contribution in [0.2, 0.25) is 0 Å². The number of fused-ring (bicyclic) bond motifs is 2. The quantitative estimate of drug-likeness (QED) is 0.468. The Morgan fingerprint density at radius 3 is 2.92 bits per heavy atom. The van der Waals surface area contributed by atoms with E-state index < -0.39 is 29.5 Å². The van der Waals surface area contributed by atoms with Crippen LogP contribution in [-0.4, -0.2) is 33.2 Å². The zero-order chi connectivity index (χ0) is 9.00. The van der Waals surface area contributed by atoms with Crippen LogP contribution in [-0.2, 0) is 9.53 Å². The number of carbonyl (C=O) groups excluding carboxylic acids is 2. The van der Waals surface area contributed by atoms with Gasteiger partial charge in [0.15, 0.2) is 0 Å². The molecule has 1 saturated heterocycles. The van der Waals surface area contributed by atoms with Gasteiger partial charge in [0.25, 0.3) is 0 Å². The van der Waals surface area contributed by atoms with Crippen molar-refractivity contribution in [2.45, 2.75) is 6.42 Å². The van der Waals surface area contributed by atoms with Gasteiger partial charge < -0.3 is 0 Å². The summed E-state index contributed by atoms with van der Waals surface area (Å²) in [5.41, 5.74) is 0.698. The molecule has 2 aliphatic carbocycles. The molecule has 4 heteroatoms. The summed E-state index contributed by atoms with van der Waals surface area (Å²) in [7, 11) is 0. The second-order valence-corrected chi connectivity index (χ2v) is 7.22. The summed E-state index contributed by atoms with van der Waals surface area (Å²) in [6.07, 6.45) is 5.27. The number of allylic oxidation sites excluding steroid dienone is 2. The number of cyclic esters (lactones) is 2. The molecule has 0 aromatic carbocycles. The van der Waals surface area contributed by atoms with Crippen LogP contribution in [0.5, 0.6) is 0 Å². The Bertz CT molecular complexity index is 380. The van der Waals surface area contributed by atoms with E-state index in [1.54, 1.807) is 0 Å². The monoisotopic (exact) mass is 371 g/mol. The number of ether oxygens (including phenoxy) is 1. The minimum absolute atomic E-state index is 0.257. The molecule has 0 radical (unpaired) electrons. The summed E-state index contributed by atoms with van der Waals surface area (Å²) < 4.78 is 5.39. The molecule has 66 valence electrons. The first-order valence-electron chi connectivity index (χ1n) is 4.12. The molecular weight excluding hydrogens is 365 g/mol. The van der Waals surface area contributed by atoms with Crippen LogP contribution in [0.1, 0.15) is 6.42 Å². The predicted octanol–water partition coefficient (Wildman–Crippen LogP) is 0.827. The molecule has 13 heavy (non-hydrogen) atoms. The minimum atomic E-state index is -1.24. The van der Waals surface area contributed by atoms with Crippen molar-refractivity contribution in [1.29, 1.82) is 0 Å². The van der Waals surface area contributed by atoms with Gasteiger partial charge in [-0.3, -0.25) is 0 Å². The summed E-state index contributed by atoms with van der Waals surface area (Å²) >= 11 is -1.24. The molecule has 3 rings (SSSR count). The van der Waals surface area contributed by atoms with Crippen molar-refractivity contribution in [3.8, 4) is 0 Å². The normalized spacial score (nSPS) is 35.4. The second-order valence-electron chi connectivity index (χ2n) is 3.42. The summed E-state index contributed by atoms with van der Waals surface area (Å²) in [5, 5.41) is 0. The molecule has 0 bridgehead atoms. The van der Waals surface area contributed by atoms with E-state index in [4.69, 9.17) is 0 Å². The van der Waals surface area contributed by atoms with Gasteiger partial charge in [0.05, 0.1) is 0 Å². The molecule has 0 spiro atoms. The fourth-order valence-corrected chi connectivity index (χ4v) is 4.81. The fourth-order valence-electron chi connectivity index (χ4n) is 1.70. The third kappa shape index (κ3) is 1.20. The van der Waals surface area contributed by atoms with Crippen LogP contribution >= 0.6 is 0 Å². The summed E-state index contributed by atoms with van der Waals surface area (Å²) in [5.74, 6) is 0.753. The van der Waals surface area contributed by atoms with E-state index in [0.717, 1.165) is 9.65 Å². The summed E-state index contributed by atoms with van der Waals surface area (Å²) in [6, 6.07) is 0. The number of esters is 1. The Hall–Kier alpha value is -0.484. The molecule has 1 heterocycles. The van der Waals surface area contributed by atoms with Gasteiger partial charge in [0.1, 0.15) is 0 Å². The molecule has 2 fully saturated rings. The molecule has 0 aromatic rings. The van der Waals surface area contributed by atoms with E-state index in [1.807, 2.05) is 6.08 Å². The van der Waals surface area contributed by atoms with Crippen molar-refractivity contribution >= 4 is 33.2 Å². The zero-order valence-electron chi connectivity index (χ0n) is 6.65. The molecule has 0 N–H and O–H groups in total. The Labute approximate surface area is 86.6 Å². The predicted molar refractivity (Wildman–Crippen MR) is 45.0 cm³/mol. The molecule has 0 aromatic heterocycles. The van der Waals surface area contributed by atoms with Gasteiger partial charge in [-0.1, -0.05) is 0 Å². The van der Waals surface area contributed by atoms with E-state index in [2.05, 4.69) is 10.8 Å². The standard InChI is InChI=1S/C9H6O3.Po/c10-5-12-9(11)7-2-1-6-3-8(6)4-7;/h1,4,6,8H,3H2;. The Morgan fingerprint density at radius 1 is 1.31 bits per heavy atom. The van der Waals surface area contributed by atoms with E-state index in [-0.39, 0.29) is 3.63 Å². The van der Waals surface area contributed by atoms with Crippen LogP contribution in [0.3, 0.4) is 0 Å². The van der Waals surface area contributed by atoms with Gasteiger partial charge in [0, 0.05) is 0 Å². The van der Waals surface area contributed by atoms with Crippen LogP contribution in [0.15, 0.2) is 21.0 Å². The Kier molecular flexibility index (Phi) is 1.52. The van der Waals surface area contributed by atoms with Crippen LogP contribution in [0.25, 0.3) is 0 Å². The number of rotatable bonds is 0. The number of carbonyl (C=O) groups is 2. The van der Waals surface area contributed by atoms with Crippen molar-refractivity contribution in [2.75, 3.05) is 0 Å². The topological polar surface area (TPSA) is 43.4 Å². The van der Waals surface area contributed by atoms with Gasteiger partial charge in [-0.15, -0.1) is 0 Å². The zero-order valence-corrected chi connectivity index (χ0v) is 9.82. The molecule has 2 unspecified atom stereocenters. The molecule has 3 aliphatic rings. The SMILES string of the molecule is O=[C]1OC(=O)C2=CC3CC3C=[C]2[Po]1. The second kappa shape index (κ2) is 2.51. The van der Waals surface area contributed by atoms with Crippen molar-refractivity contribution in [2.24, 2.45) is 11.8 Å². The van der Waals surface area contributed by atoms with Crippen molar-refractivity contribution < 1.29 is 14.3 Å². The first-order valence-corrected chi connectivity index (χ1v) is 7.29. The molecular formula is C9H6O3Po. The van der Waals surface area contributed by atoms with Crippen molar-refractivity contribution in [1.82, 2.24) is 0 Å². The maximum absolute atomic E-state index is 11.3. The molecule has 0 amide bonds. The summed E-state index contributed by atoms with van der Waals surface area (Å²) in [6.45, 7) is 0. The van der Waals surface area contributed by atoms with E-state index in [0.29, 0.717) is 17.4 Å². The first-order chi connectivity index (χ1) is 6.24. The Balaban J connectivity index is 2.04. The van der Waals surface area contributed by atoms with Gasteiger partial charge in [-0.25, -0.2) is 0 Å². The van der Waals surface area contributed by atoms with E-state index in [1.165, 1.54) is 0 Å². The third-order valence-corrected chi connectivity index (χ3v) is 5.70. The van der Waals surface area contributed by atoms with Crippen molar-refractivity contribution in [3.05, 3.63) is 21.0 Å². The van der Waals surface area contributed by atoms with Crippen LogP contribution in [0, 0.1) is 11.8 Å². The van der Waals surface area contributed by atoms with E-state index >= 15 is 0 Å². The summed E-state index contributed by atoms with van der Waals surface area (Å²) in [4.78, 5) is 22.3. The molecule has 1 aliphatic heterocycles. The Morgan fingerprint density at radius 2 is 2.08 bits per heavy atom. The molecule has 1 saturated carbocycles. The van der Waals surface area contributed by atoms with Crippen LogP contribution in [0.4, 0.5) is 4.79 Å². The maximum atomic E-state index is 11.3. The third-order valence-electron chi connectivity index (χ3n) is 2.49.